The van der Waals surface area contributed by atoms with Gasteiger partial charge in [0.25, 0.3) is 0 Å². The van der Waals surface area contributed by atoms with Crippen molar-refractivity contribution in [2.45, 2.75) is 37.8 Å². The lowest BCUT2D eigenvalue weighted by Crippen LogP contribution is -2.50. The second-order valence-electron chi connectivity index (χ2n) is 4.48. The number of hydrogen-bond acceptors (Lipinski definition) is 3. The molecule has 88 valence electrons. The molecule has 2 rings (SSSR count). The number of carbonyl (C=O) groups is 1. The normalized spacial score (nSPS) is 19.1. The van der Waals surface area contributed by atoms with Gasteiger partial charge in [0.2, 0.25) is 0 Å². The summed E-state index contributed by atoms with van der Waals surface area (Å²) < 4.78 is 5.25. The first kappa shape index (κ1) is 11.2. The lowest BCUT2D eigenvalue weighted by molar-refractivity contribution is -0.151. The van der Waals surface area contributed by atoms with Crippen LogP contribution in [0.4, 0.5) is 0 Å². The molecule has 1 aliphatic carbocycles. The minimum atomic E-state index is -0.709. The molecule has 0 spiro atoms. The maximum absolute atomic E-state index is 11.4. The van der Waals surface area contributed by atoms with E-state index in [1.807, 2.05) is 24.1 Å². The van der Waals surface area contributed by atoms with Gasteiger partial charge in [-0.25, -0.2) is 0 Å². The Kier molecular flexibility index (Phi) is 3.01. The van der Waals surface area contributed by atoms with Gasteiger partial charge in [-0.3, -0.25) is 9.69 Å². The lowest BCUT2D eigenvalue weighted by atomic mass is 9.95. The fraction of sp³-hybridized carbons (Fsp3) is 0.583. The van der Waals surface area contributed by atoms with Gasteiger partial charge in [0.15, 0.2) is 0 Å². The highest BCUT2D eigenvalue weighted by Gasteiger charge is 2.44. The highest BCUT2D eigenvalue weighted by atomic mass is 16.4. The van der Waals surface area contributed by atoms with Gasteiger partial charge in [-0.2, -0.15) is 0 Å². The summed E-state index contributed by atoms with van der Waals surface area (Å²) >= 11 is 0. The van der Waals surface area contributed by atoms with Crippen molar-refractivity contribution >= 4 is 5.97 Å². The Morgan fingerprint density at radius 1 is 1.56 bits per heavy atom. The van der Waals surface area contributed by atoms with Gasteiger partial charge in [-0.1, -0.05) is 12.8 Å². The second kappa shape index (κ2) is 4.29. The average Bonchev–Trinajstić information content (AvgIpc) is 2.87. The van der Waals surface area contributed by atoms with Crippen molar-refractivity contribution in [3.63, 3.8) is 0 Å². The third kappa shape index (κ3) is 1.85. The van der Waals surface area contributed by atoms with Crippen LogP contribution in [0.2, 0.25) is 0 Å². The SMILES string of the molecule is CN(Cc1ccco1)C1(C(=O)O)CCCC1. The average molecular weight is 223 g/mol. The fourth-order valence-corrected chi connectivity index (χ4v) is 2.51. The van der Waals surface area contributed by atoms with E-state index in [1.54, 1.807) is 6.26 Å². The van der Waals surface area contributed by atoms with Crippen LogP contribution in [0, 0.1) is 0 Å². The summed E-state index contributed by atoms with van der Waals surface area (Å²) in [6, 6.07) is 3.70. The van der Waals surface area contributed by atoms with E-state index in [-0.39, 0.29) is 0 Å². The van der Waals surface area contributed by atoms with Crippen molar-refractivity contribution in [2.24, 2.45) is 0 Å². The standard InChI is InChI=1S/C12H17NO3/c1-13(9-10-5-4-8-16-10)12(11(14)15)6-2-3-7-12/h4-5,8H,2-3,6-7,9H2,1H3,(H,14,15). The molecule has 0 bridgehead atoms. The molecule has 1 aromatic heterocycles. The van der Waals surface area contributed by atoms with Gasteiger partial charge in [-0.05, 0) is 32.0 Å². The Morgan fingerprint density at radius 3 is 2.75 bits per heavy atom. The zero-order valence-electron chi connectivity index (χ0n) is 9.48. The number of carboxylic acid groups (broad SMARTS) is 1. The quantitative estimate of drug-likeness (QED) is 0.849. The number of hydrogen-bond donors (Lipinski definition) is 1. The van der Waals surface area contributed by atoms with Crippen LogP contribution in [0.5, 0.6) is 0 Å². The molecule has 1 fully saturated rings. The Balaban J connectivity index is 2.12. The van der Waals surface area contributed by atoms with E-state index in [1.165, 1.54) is 0 Å². The molecule has 0 aliphatic heterocycles. The Morgan fingerprint density at radius 2 is 2.25 bits per heavy atom. The minimum absolute atomic E-state index is 0.555. The van der Waals surface area contributed by atoms with Crippen molar-refractivity contribution < 1.29 is 14.3 Å². The van der Waals surface area contributed by atoms with Gasteiger partial charge in [0.1, 0.15) is 11.3 Å². The van der Waals surface area contributed by atoms with Crippen LogP contribution >= 0.6 is 0 Å². The number of rotatable bonds is 4. The number of carboxylic acids is 1. The molecule has 0 atom stereocenters. The van der Waals surface area contributed by atoms with E-state index < -0.39 is 11.5 Å². The van der Waals surface area contributed by atoms with Crippen LogP contribution in [-0.4, -0.2) is 28.6 Å². The molecule has 0 radical (unpaired) electrons. The molecule has 0 saturated heterocycles. The number of aliphatic carboxylic acids is 1. The molecule has 0 amide bonds. The van der Waals surface area contributed by atoms with Crippen molar-refractivity contribution in [1.82, 2.24) is 4.90 Å². The molecule has 0 unspecified atom stereocenters. The van der Waals surface area contributed by atoms with E-state index in [2.05, 4.69) is 0 Å². The maximum atomic E-state index is 11.4. The van der Waals surface area contributed by atoms with Gasteiger partial charge >= 0.3 is 5.97 Å². The van der Waals surface area contributed by atoms with E-state index in [4.69, 9.17) is 4.42 Å². The summed E-state index contributed by atoms with van der Waals surface area (Å²) in [6.45, 7) is 0.555. The molecule has 1 saturated carbocycles. The first-order chi connectivity index (χ1) is 7.65. The van der Waals surface area contributed by atoms with Gasteiger partial charge in [0.05, 0.1) is 12.8 Å². The summed E-state index contributed by atoms with van der Waals surface area (Å²) in [5.74, 6) is 0.106. The summed E-state index contributed by atoms with van der Waals surface area (Å²) in [6.07, 6.45) is 5.08. The van der Waals surface area contributed by atoms with E-state index in [9.17, 15) is 9.90 Å². The van der Waals surface area contributed by atoms with E-state index in [0.717, 1.165) is 31.4 Å². The topological polar surface area (TPSA) is 53.7 Å². The molecule has 1 aliphatic rings. The summed E-state index contributed by atoms with van der Waals surface area (Å²) in [7, 11) is 1.86. The summed E-state index contributed by atoms with van der Waals surface area (Å²) in [5, 5.41) is 9.39. The zero-order chi connectivity index (χ0) is 11.6. The zero-order valence-corrected chi connectivity index (χ0v) is 9.48. The van der Waals surface area contributed by atoms with Crippen LogP contribution in [0.3, 0.4) is 0 Å². The first-order valence-corrected chi connectivity index (χ1v) is 5.62. The molecule has 0 aromatic carbocycles. The highest BCUT2D eigenvalue weighted by molar-refractivity contribution is 5.79. The smallest absolute Gasteiger partial charge is 0.324 e. The number of likely N-dealkylation sites (N-methyl/N-ethyl adjacent to an activating group) is 1. The van der Waals surface area contributed by atoms with E-state index >= 15 is 0 Å². The molecular formula is C12H17NO3. The van der Waals surface area contributed by atoms with Crippen LogP contribution in [0.15, 0.2) is 22.8 Å². The fourth-order valence-electron chi connectivity index (χ4n) is 2.51. The predicted molar refractivity (Wildman–Crippen MR) is 59.0 cm³/mol. The minimum Gasteiger partial charge on any atom is -0.480 e. The third-order valence-electron chi connectivity index (χ3n) is 3.53. The van der Waals surface area contributed by atoms with Gasteiger partial charge < -0.3 is 9.52 Å². The first-order valence-electron chi connectivity index (χ1n) is 5.62. The monoisotopic (exact) mass is 223 g/mol. The predicted octanol–water partition coefficient (Wildman–Crippen LogP) is 2.11. The largest absolute Gasteiger partial charge is 0.480 e. The summed E-state index contributed by atoms with van der Waals surface area (Å²) in [5.41, 5.74) is -0.688. The van der Waals surface area contributed by atoms with Crippen molar-refractivity contribution in [2.75, 3.05) is 7.05 Å². The lowest BCUT2D eigenvalue weighted by Gasteiger charge is -2.34. The third-order valence-corrected chi connectivity index (χ3v) is 3.53. The maximum Gasteiger partial charge on any atom is 0.324 e. The van der Waals surface area contributed by atoms with Crippen molar-refractivity contribution in [3.05, 3.63) is 24.2 Å². The summed E-state index contributed by atoms with van der Waals surface area (Å²) in [4.78, 5) is 13.3. The van der Waals surface area contributed by atoms with Gasteiger partial charge in [0, 0.05) is 0 Å². The molecular weight excluding hydrogens is 206 g/mol. The van der Waals surface area contributed by atoms with Crippen molar-refractivity contribution in [1.29, 1.82) is 0 Å². The molecule has 4 heteroatoms. The Labute approximate surface area is 94.9 Å². The molecule has 16 heavy (non-hydrogen) atoms. The molecule has 4 nitrogen and oxygen atoms in total. The second-order valence-corrected chi connectivity index (χ2v) is 4.48. The molecule has 1 heterocycles. The molecule has 1 aromatic rings. The van der Waals surface area contributed by atoms with Gasteiger partial charge in [-0.15, -0.1) is 0 Å². The highest BCUT2D eigenvalue weighted by Crippen LogP contribution is 2.35. The Bertz CT molecular complexity index is 352. The molecule has 1 N–H and O–H groups in total. The number of furan rings is 1. The Hall–Kier alpha value is -1.29. The number of nitrogens with zero attached hydrogens (tertiary/aromatic N) is 1. The van der Waals surface area contributed by atoms with Crippen LogP contribution < -0.4 is 0 Å². The van der Waals surface area contributed by atoms with Crippen LogP contribution in [-0.2, 0) is 11.3 Å². The van der Waals surface area contributed by atoms with Crippen molar-refractivity contribution in [3.8, 4) is 0 Å². The van der Waals surface area contributed by atoms with E-state index in [0.29, 0.717) is 6.54 Å². The van der Waals surface area contributed by atoms with Crippen LogP contribution in [0.25, 0.3) is 0 Å². The van der Waals surface area contributed by atoms with Crippen LogP contribution in [0.1, 0.15) is 31.4 Å².